The zero-order chi connectivity index (χ0) is 14.4. The highest BCUT2D eigenvalue weighted by Gasteiger charge is 2.06. The van der Waals surface area contributed by atoms with E-state index >= 15 is 0 Å². The van der Waals surface area contributed by atoms with Crippen molar-refractivity contribution in [2.45, 2.75) is 26.4 Å². The van der Waals surface area contributed by atoms with Gasteiger partial charge in [-0.2, -0.15) is 0 Å². The van der Waals surface area contributed by atoms with Crippen LogP contribution in [0.3, 0.4) is 0 Å². The Kier molecular flexibility index (Phi) is 5.55. The van der Waals surface area contributed by atoms with Crippen molar-refractivity contribution in [2.24, 2.45) is 0 Å². The van der Waals surface area contributed by atoms with E-state index in [2.05, 4.69) is 38.5 Å². The summed E-state index contributed by atoms with van der Waals surface area (Å²) in [4.78, 5) is 0. The summed E-state index contributed by atoms with van der Waals surface area (Å²) in [6, 6.07) is 5.91. The van der Waals surface area contributed by atoms with Crippen LogP contribution in [0, 0.1) is 0 Å². The van der Waals surface area contributed by atoms with E-state index < -0.39 is 0 Å². The molecule has 0 saturated heterocycles. The molecule has 0 fully saturated rings. The van der Waals surface area contributed by atoms with Crippen LogP contribution >= 0.6 is 15.9 Å². The average Bonchev–Trinajstić information content (AvgIpc) is 2.89. The first kappa shape index (κ1) is 15.0. The van der Waals surface area contributed by atoms with E-state index in [9.17, 15) is 0 Å². The van der Waals surface area contributed by atoms with Crippen molar-refractivity contribution in [2.75, 3.05) is 13.7 Å². The van der Waals surface area contributed by atoms with Crippen LogP contribution in [0.1, 0.15) is 24.6 Å². The third kappa shape index (κ3) is 4.05. The molecule has 1 aromatic carbocycles. The van der Waals surface area contributed by atoms with E-state index in [1.165, 1.54) is 0 Å². The van der Waals surface area contributed by atoms with Crippen molar-refractivity contribution in [3.05, 3.63) is 40.1 Å². The summed E-state index contributed by atoms with van der Waals surface area (Å²) >= 11 is 3.55. The van der Waals surface area contributed by atoms with Gasteiger partial charge in [0.15, 0.2) is 0 Å². The third-order valence-electron chi connectivity index (χ3n) is 2.90. The van der Waals surface area contributed by atoms with Crippen LogP contribution in [0.5, 0.6) is 5.75 Å². The van der Waals surface area contributed by atoms with Gasteiger partial charge in [0.05, 0.1) is 25.5 Å². The maximum Gasteiger partial charge on any atom is 0.119 e. The minimum atomic E-state index is 0.665. The van der Waals surface area contributed by atoms with Crippen molar-refractivity contribution >= 4 is 15.9 Å². The molecule has 0 spiro atoms. The van der Waals surface area contributed by atoms with Gasteiger partial charge in [0.25, 0.3) is 0 Å². The zero-order valence-corrected chi connectivity index (χ0v) is 13.4. The number of ether oxygens (including phenoxy) is 1. The molecule has 108 valence electrons. The van der Waals surface area contributed by atoms with Crippen LogP contribution in [0.2, 0.25) is 0 Å². The molecule has 20 heavy (non-hydrogen) atoms. The van der Waals surface area contributed by atoms with Crippen LogP contribution in [-0.2, 0) is 13.1 Å². The van der Waals surface area contributed by atoms with Gasteiger partial charge in [-0.15, -0.1) is 5.10 Å². The predicted octanol–water partition coefficient (Wildman–Crippen LogP) is 2.60. The molecule has 5 nitrogen and oxygen atoms in total. The van der Waals surface area contributed by atoms with Crippen molar-refractivity contribution in [3.8, 4) is 5.75 Å². The van der Waals surface area contributed by atoms with Gasteiger partial charge in [-0.1, -0.05) is 28.1 Å². The summed E-state index contributed by atoms with van der Waals surface area (Å²) < 4.78 is 8.12. The Balaban J connectivity index is 2.03. The number of hydrogen-bond donors (Lipinski definition) is 1. The fourth-order valence-corrected chi connectivity index (χ4v) is 2.24. The molecule has 0 saturated carbocycles. The Hall–Kier alpha value is -1.40. The van der Waals surface area contributed by atoms with Crippen molar-refractivity contribution in [1.29, 1.82) is 0 Å². The Bertz CT molecular complexity index is 556. The summed E-state index contributed by atoms with van der Waals surface area (Å²) in [6.07, 6.45) is 3.08. The summed E-state index contributed by atoms with van der Waals surface area (Å²) in [6.45, 7) is 4.56. The van der Waals surface area contributed by atoms with Crippen LogP contribution in [0.4, 0.5) is 0 Å². The Labute approximate surface area is 127 Å². The maximum atomic E-state index is 5.24. The highest BCUT2D eigenvalue weighted by molar-refractivity contribution is 9.10. The lowest BCUT2D eigenvalue weighted by Crippen LogP contribution is -2.13. The minimum Gasteiger partial charge on any atom is -0.497 e. The van der Waals surface area contributed by atoms with Crippen LogP contribution < -0.4 is 10.1 Å². The number of benzene rings is 1. The van der Waals surface area contributed by atoms with Crippen molar-refractivity contribution < 1.29 is 4.74 Å². The quantitative estimate of drug-likeness (QED) is 0.788. The molecule has 0 aliphatic rings. The third-order valence-corrected chi connectivity index (χ3v) is 3.68. The molecule has 0 unspecified atom stereocenters. The smallest absolute Gasteiger partial charge is 0.119 e. The first-order valence-electron chi connectivity index (χ1n) is 6.65. The fraction of sp³-hybridized carbons (Fsp3) is 0.429. The lowest BCUT2D eigenvalue weighted by atomic mass is 10.2. The lowest BCUT2D eigenvalue weighted by Gasteiger charge is -2.07. The second-order valence-corrected chi connectivity index (χ2v) is 5.40. The second kappa shape index (κ2) is 7.40. The van der Waals surface area contributed by atoms with Crippen molar-refractivity contribution in [3.63, 3.8) is 0 Å². The molecule has 1 N–H and O–H groups in total. The van der Waals surface area contributed by atoms with E-state index in [-0.39, 0.29) is 0 Å². The molecule has 0 radical (unpaired) electrons. The van der Waals surface area contributed by atoms with Crippen LogP contribution in [-0.4, -0.2) is 28.6 Å². The largest absolute Gasteiger partial charge is 0.497 e. The number of halogens is 1. The topological polar surface area (TPSA) is 52.0 Å². The number of hydrogen-bond acceptors (Lipinski definition) is 4. The number of methoxy groups -OCH3 is 1. The highest BCUT2D eigenvalue weighted by atomic mass is 79.9. The van der Waals surface area contributed by atoms with Gasteiger partial charge in [-0.05, 0) is 36.7 Å². The van der Waals surface area contributed by atoms with Gasteiger partial charge < -0.3 is 10.1 Å². The maximum absolute atomic E-state index is 5.24. The van der Waals surface area contributed by atoms with Gasteiger partial charge in [0.2, 0.25) is 0 Å². The number of nitrogens with one attached hydrogen (secondary N) is 1. The molecule has 6 heteroatoms. The Morgan fingerprint density at radius 1 is 1.40 bits per heavy atom. The monoisotopic (exact) mass is 338 g/mol. The second-order valence-electron chi connectivity index (χ2n) is 4.54. The van der Waals surface area contributed by atoms with Gasteiger partial charge in [-0.3, -0.25) is 0 Å². The number of nitrogens with zero attached hydrogens (tertiary/aromatic N) is 3. The Morgan fingerprint density at radius 2 is 2.25 bits per heavy atom. The zero-order valence-electron chi connectivity index (χ0n) is 11.8. The molecule has 2 aromatic rings. The highest BCUT2D eigenvalue weighted by Crippen LogP contribution is 2.23. The molecule has 0 aliphatic heterocycles. The fourth-order valence-electron chi connectivity index (χ4n) is 1.86. The first-order chi connectivity index (χ1) is 9.72. The summed E-state index contributed by atoms with van der Waals surface area (Å²) in [5, 5.41) is 11.6. The Morgan fingerprint density at radius 3 is 3.00 bits per heavy atom. The lowest BCUT2D eigenvalue weighted by molar-refractivity contribution is 0.414. The molecule has 2 rings (SSSR count). The predicted molar refractivity (Wildman–Crippen MR) is 81.8 cm³/mol. The van der Waals surface area contributed by atoms with Gasteiger partial charge in [0.1, 0.15) is 5.75 Å². The van der Waals surface area contributed by atoms with E-state index in [1.54, 1.807) is 7.11 Å². The van der Waals surface area contributed by atoms with E-state index in [0.29, 0.717) is 6.54 Å². The minimum absolute atomic E-state index is 0.665. The molecule has 0 bridgehead atoms. The summed E-state index contributed by atoms with van der Waals surface area (Å²) in [5.74, 6) is 0.841. The summed E-state index contributed by atoms with van der Waals surface area (Å²) in [7, 11) is 1.67. The van der Waals surface area contributed by atoms with E-state index in [4.69, 9.17) is 4.74 Å². The van der Waals surface area contributed by atoms with Crippen molar-refractivity contribution in [1.82, 2.24) is 20.3 Å². The summed E-state index contributed by atoms with van der Waals surface area (Å²) in [5.41, 5.74) is 2.07. The number of aromatic nitrogens is 3. The van der Waals surface area contributed by atoms with Gasteiger partial charge in [-0.25, -0.2) is 4.68 Å². The van der Waals surface area contributed by atoms with Crippen LogP contribution in [0.25, 0.3) is 0 Å². The molecule has 0 atom stereocenters. The molecule has 1 heterocycles. The van der Waals surface area contributed by atoms with Gasteiger partial charge in [0, 0.05) is 11.0 Å². The number of rotatable bonds is 7. The molecular weight excluding hydrogens is 320 g/mol. The van der Waals surface area contributed by atoms with Crippen LogP contribution in [0.15, 0.2) is 28.9 Å². The SMILES string of the molecule is CCCNCc1cn(Cc2cc(OC)ccc2Br)nn1. The standard InChI is InChI=1S/C14H19BrN4O/c1-3-6-16-8-12-10-19(18-17-12)9-11-7-13(20-2)4-5-14(11)15/h4-5,7,10,16H,3,6,8-9H2,1-2H3. The molecule has 1 aromatic heterocycles. The molecule has 0 amide bonds. The van der Waals surface area contributed by atoms with E-state index in [1.807, 2.05) is 29.1 Å². The molecular formula is C14H19BrN4O. The average molecular weight is 339 g/mol. The van der Waals surface area contributed by atoms with Gasteiger partial charge >= 0.3 is 0 Å². The molecule has 0 aliphatic carbocycles. The van der Waals surface area contributed by atoms with E-state index in [0.717, 1.165) is 41.0 Å². The normalized spacial score (nSPS) is 10.8. The first-order valence-corrected chi connectivity index (χ1v) is 7.44.